The monoisotopic (exact) mass is 508 g/mol. The first-order valence-electron chi connectivity index (χ1n) is 12.7. The topological polar surface area (TPSA) is 136 Å². The molecule has 192 valence electrons. The van der Waals surface area contributed by atoms with E-state index in [9.17, 15) is 9.59 Å². The number of carbonyl (C=O) groups excluding carboxylic acids is 2. The summed E-state index contributed by atoms with van der Waals surface area (Å²) in [4.78, 5) is 32.9. The minimum atomic E-state index is -0.182. The highest BCUT2D eigenvalue weighted by Crippen LogP contribution is 2.40. The quantitative estimate of drug-likeness (QED) is 0.366. The first-order chi connectivity index (χ1) is 18.6. The normalized spacial score (nSPS) is 16.9. The van der Waals surface area contributed by atoms with E-state index in [1.807, 2.05) is 48.5 Å². The van der Waals surface area contributed by atoms with E-state index in [1.165, 1.54) is 0 Å². The van der Waals surface area contributed by atoms with Crippen LogP contribution in [0.5, 0.6) is 0 Å². The number of carbonyl (C=O) groups is 2. The Morgan fingerprint density at radius 3 is 1.55 bits per heavy atom. The molecule has 0 spiro atoms. The summed E-state index contributed by atoms with van der Waals surface area (Å²) < 4.78 is 0. The van der Waals surface area contributed by atoms with Gasteiger partial charge >= 0.3 is 0 Å². The van der Waals surface area contributed by atoms with Crippen molar-refractivity contribution in [3.8, 4) is 0 Å². The Morgan fingerprint density at radius 2 is 1.16 bits per heavy atom. The first kappa shape index (κ1) is 25.1. The summed E-state index contributed by atoms with van der Waals surface area (Å²) in [6, 6.07) is 18.4. The van der Waals surface area contributed by atoms with Gasteiger partial charge in [-0.05, 0) is 67.8 Å². The number of nitrogens with zero attached hydrogens (tertiary/aromatic N) is 6. The molecule has 5 rings (SSSR count). The lowest BCUT2D eigenvalue weighted by atomic mass is 9.78. The molecule has 1 aliphatic carbocycles. The molecule has 1 fully saturated rings. The fourth-order valence-electron chi connectivity index (χ4n) is 4.69. The van der Waals surface area contributed by atoms with Gasteiger partial charge in [0.25, 0.3) is 0 Å². The Labute approximate surface area is 220 Å². The summed E-state index contributed by atoms with van der Waals surface area (Å²) in [5.74, 6) is 0.983. The second-order valence-electron chi connectivity index (χ2n) is 9.34. The Hall–Kier alpha value is -4.60. The average molecular weight is 509 g/mol. The molecule has 38 heavy (non-hydrogen) atoms. The zero-order valence-electron chi connectivity index (χ0n) is 20.8. The maximum atomic E-state index is 12.3. The average Bonchev–Trinajstić information content (AvgIpc) is 2.95. The molecule has 0 saturated heterocycles. The number of aromatic nitrogens is 6. The third-order valence-electron chi connectivity index (χ3n) is 6.55. The van der Waals surface area contributed by atoms with Crippen molar-refractivity contribution in [1.29, 1.82) is 0 Å². The Kier molecular flexibility index (Phi) is 7.98. The van der Waals surface area contributed by atoms with Crippen LogP contribution < -0.4 is 10.6 Å². The van der Waals surface area contributed by atoms with E-state index in [0.717, 1.165) is 37.1 Å². The van der Waals surface area contributed by atoms with E-state index in [2.05, 4.69) is 41.0 Å². The van der Waals surface area contributed by atoms with Crippen molar-refractivity contribution in [3.63, 3.8) is 0 Å². The summed E-state index contributed by atoms with van der Waals surface area (Å²) >= 11 is 0. The molecule has 0 unspecified atom stereocenters. The van der Waals surface area contributed by atoms with Gasteiger partial charge in [-0.2, -0.15) is 10.2 Å². The minimum absolute atomic E-state index is 0.182. The lowest BCUT2D eigenvalue weighted by Gasteiger charge is -2.28. The molecule has 4 heterocycles. The molecule has 10 nitrogen and oxygen atoms in total. The fourth-order valence-corrected chi connectivity index (χ4v) is 4.69. The minimum Gasteiger partial charge on any atom is -0.309 e. The smallest absolute Gasteiger partial charge is 0.231 e. The van der Waals surface area contributed by atoms with Crippen molar-refractivity contribution in [3.05, 3.63) is 95.8 Å². The number of rotatable bonds is 8. The van der Waals surface area contributed by atoms with Crippen LogP contribution in [0.25, 0.3) is 0 Å². The van der Waals surface area contributed by atoms with E-state index >= 15 is 0 Å². The highest BCUT2D eigenvalue weighted by Gasteiger charge is 2.27. The predicted molar refractivity (Wildman–Crippen MR) is 141 cm³/mol. The zero-order chi connectivity index (χ0) is 26.2. The van der Waals surface area contributed by atoms with E-state index in [0.29, 0.717) is 23.0 Å². The summed E-state index contributed by atoms with van der Waals surface area (Å²) in [7, 11) is 0. The largest absolute Gasteiger partial charge is 0.309 e. The third-order valence-corrected chi connectivity index (χ3v) is 6.55. The highest BCUT2D eigenvalue weighted by atomic mass is 16.2. The summed E-state index contributed by atoms with van der Waals surface area (Å²) in [5.41, 5.74) is 3.21. The molecule has 1 aliphatic rings. The van der Waals surface area contributed by atoms with Gasteiger partial charge in [-0.15, -0.1) is 10.2 Å². The first-order valence-corrected chi connectivity index (χ1v) is 12.7. The maximum absolute atomic E-state index is 12.3. The van der Waals surface area contributed by atoms with Crippen LogP contribution in [0.2, 0.25) is 0 Å². The van der Waals surface area contributed by atoms with Crippen molar-refractivity contribution < 1.29 is 9.59 Å². The molecule has 2 N–H and O–H groups in total. The molecule has 0 bridgehead atoms. The van der Waals surface area contributed by atoms with Crippen LogP contribution in [-0.4, -0.2) is 42.2 Å². The Morgan fingerprint density at radius 1 is 0.658 bits per heavy atom. The van der Waals surface area contributed by atoms with Crippen molar-refractivity contribution in [2.24, 2.45) is 0 Å². The zero-order valence-corrected chi connectivity index (χ0v) is 20.8. The van der Waals surface area contributed by atoms with Gasteiger partial charge in [-0.3, -0.25) is 19.6 Å². The third kappa shape index (κ3) is 6.78. The Balaban J connectivity index is 1.14. The lowest BCUT2D eigenvalue weighted by molar-refractivity contribution is -0.116. The molecule has 0 aromatic carbocycles. The van der Waals surface area contributed by atoms with Gasteiger partial charge in [-0.25, -0.2) is 0 Å². The van der Waals surface area contributed by atoms with Crippen molar-refractivity contribution in [1.82, 2.24) is 30.4 Å². The van der Waals surface area contributed by atoms with Gasteiger partial charge in [-0.1, -0.05) is 18.6 Å². The van der Waals surface area contributed by atoms with Crippen LogP contribution in [0.15, 0.2) is 73.1 Å². The number of nitrogens with one attached hydrogen (secondary N) is 2. The SMILES string of the molecule is O=C(Cc1ccccn1)Nc1ccc([C@H]2CCC[C@H](c3ccc(NC(=O)Cc4ccccn4)nn3)C2)nn1. The van der Waals surface area contributed by atoms with Gasteiger partial charge in [0, 0.05) is 35.6 Å². The second kappa shape index (κ2) is 12.1. The molecule has 1 saturated carbocycles. The number of hydrogen-bond donors (Lipinski definition) is 2. The summed E-state index contributed by atoms with van der Waals surface area (Å²) in [6.45, 7) is 0. The van der Waals surface area contributed by atoms with Crippen molar-refractivity contribution in [2.45, 2.75) is 50.4 Å². The van der Waals surface area contributed by atoms with E-state index in [4.69, 9.17) is 0 Å². The standard InChI is InChI=1S/C28H28N8O2/c37-27(17-21-8-1-3-14-29-21)31-25-12-10-23(33-35-25)19-6-5-7-20(16-19)24-11-13-26(36-34-24)32-28(38)18-22-9-2-4-15-30-22/h1-4,8-15,19-20H,5-7,16-18H2,(H,31,35,37)(H,32,36,38)/t19-,20-/m0/s1. The molecule has 0 aliphatic heterocycles. The highest BCUT2D eigenvalue weighted by molar-refractivity contribution is 5.91. The second-order valence-corrected chi connectivity index (χ2v) is 9.34. The van der Waals surface area contributed by atoms with Crippen LogP contribution in [0.4, 0.5) is 11.6 Å². The van der Waals surface area contributed by atoms with Crippen molar-refractivity contribution >= 4 is 23.5 Å². The van der Waals surface area contributed by atoms with E-state index in [1.54, 1.807) is 24.5 Å². The number of hydrogen-bond acceptors (Lipinski definition) is 8. The molecule has 4 aromatic rings. The number of anilines is 2. The van der Waals surface area contributed by atoms with Crippen LogP contribution in [0, 0.1) is 0 Å². The Bertz CT molecular complexity index is 1240. The summed E-state index contributed by atoms with van der Waals surface area (Å²) in [6.07, 6.45) is 7.67. The maximum Gasteiger partial charge on any atom is 0.231 e. The molecule has 2 atom stereocenters. The molecule has 4 aromatic heterocycles. The van der Waals surface area contributed by atoms with Gasteiger partial charge in [0.2, 0.25) is 11.8 Å². The van der Waals surface area contributed by atoms with Crippen molar-refractivity contribution in [2.75, 3.05) is 10.6 Å². The predicted octanol–water partition coefficient (Wildman–Crippen LogP) is 3.86. The lowest BCUT2D eigenvalue weighted by Crippen LogP contribution is -2.19. The van der Waals surface area contributed by atoms with Gasteiger partial charge in [0.05, 0.1) is 24.2 Å². The van der Waals surface area contributed by atoms with E-state index in [-0.39, 0.29) is 36.5 Å². The van der Waals surface area contributed by atoms with Crippen LogP contribution in [0.1, 0.15) is 60.3 Å². The molecular formula is C28H28N8O2. The van der Waals surface area contributed by atoms with Crippen LogP contribution >= 0.6 is 0 Å². The van der Waals surface area contributed by atoms with Gasteiger partial charge < -0.3 is 10.6 Å². The fraction of sp³-hybridized carbons (Fsp3) is 0.286. The van der Waals surface area contributed by atoms with Gasteiger partial charge in [0.1, 0.15) is 0 Å². The molecule has 0 radical (unpaired) electrons. The van der Waals surface area contributed by atoms with E-state index < -0.39 is 0 Å². The van der Waals surface area contributed by atoms with Crippen LogP contribution in [-0.2, 0) is 22.4 Å². The number of pyridine rings is 2. The molecule has 10 heteroatoms. The van der Waals surface area contributed by atoms with Crippen LogP contribution in [0.3, 0.4) is 0 Å². The summed E-state index contributed by atoms with van der Waals surface area (Å²) in [5, 5.41) is 22.8. The molecule has 2 amide bonds. The van der Waals surface area contributed by atoms with Gasteiger partial charge in [0.15, 0.2) is 11.6 Å². The molecular weight excluding hydrogens is 480 g/mol. The number of amides is 2.